The Morgan fingerprint density at radius 3 is 2.56 bits per heavy atom. The van der Waals surface area contributed by atoms with E-state index in [1.807, 2.05) is 13.8 Å². The van der Waals surface area contributed by atoms with Crippen LogP contribution in [0.15, 0.2) is 0 Å². The molecule has 1 aromatic heterocycles. The minimum absolute atomic E-state index is 0.00805. The van der Waals surface area contributed by atoms with Gasteiger partial charge in [-0.25, -0.2) is 4.79 Å². The van der Waals surface area contributed by atoms with Crippen LogP contribution >= 0.6 is 11.3 Å². The second-order valence-corrected chi connectivity index (χ2v) is 8.19. The summed E-state index contributed by atoms with van der Waals surface area (Å²) >= 11 is 1.56. The molecule has 140 valence electrons. The Bertz CT molecular complexity index is 592. The summed E-state index contributed by atoms with van der Waals surface area (Å²) in [5, 5.41) is 3.68. The van der Waals surface area contributed by atoms with Crippen molar-refractivity contribution in [1.82, 2.24) is 0 Å². The van der Waals surface area contributed by atoms with Crippen molar-refractivity contribution < 1.29 is 14.3 Å². The molecule has 0 aromatic carbocycles. The highest BCUT2D eigenvalue weighted by atomic mass is 32.1. The molecular formula is C20H31NO3S. The Morgan fingerprint density at radius 2 is 1.84 bits per heavy atom. The molecule has 1 amide bonds. The summed E-state index contributed by atoms with van der Waals surface area (Å²) in [6.45, 7) is 5.89. The molecule has 4 nitrogen and oxygen atoms in total. The third-order valence-electron chi connectivity index (χ3n) is 4.48. The number of ether oxygens (including phenoxy) is 1. The van der Waals surface area contributed by atoms with Gasteiger partial charge in [0.25, 0.3) is 0 Å². The molecule has 0 radical (unpaired) electrons. The van der Waals surface area contributed by atoms with Gasteiger partial charge in [0.1, 0.15) is 5.00 Å². The first kappa shape index (κ1) is 20.0. The fourth-order valence-electron chi connectivity index (χ4n) is 3.22. The fourth-order valence-corrected chi connectivity index (χ4v) is 4.51. The summed E-state index contributed by atoms with van der Waals surface area (Å²) in [6.07, 6.45) is 10.1. The maximum absolute atomic E-state index is 12.6. The fraction of sp³-hybridized carbons (Fsp3) is 0.700. The number of thiophene rings is 1. The average Bonchev–Trinajstić information content (AvgIpc) is 2.91. The van der Waals surface area contributed by atoms with E-state index in [0.717, 1.165) is 44.1 Å². The van der Waals surface area contributed by atoms with E-state index >= 15 is 0 Å². The molecule has 2 rings (SSSR count). The lowest BCUT2D eigenvalue weighted by atomic mass is 9.95. The van der Waals surface area contributed by atoms with Crippen molar-refractivity contribution in [3.05, 3.63) is 16.0 Å². The maximum Gasteiger partial charge on any atom is 0.341 e. The molecule has 1 aliphatic rings. The molecule has 0 atom stereocenters. The van der Waals surface area contributed by atoms with E-state index in [1.54, 1.807) is 11.3 Å². The van der Waals surface area contributed by atoms with E-state index in [2.05, 4.69) is 12.2 Å². The van der Waals surface area contributed by atoms with Crippen LogP contribution in [0.4, 0.5) is 5.00 Å². The van der Waals surface area contributed by atoms with Gasteiger partial charge in [-0.15, -0.1) is 11.3 Å². The number of esters is 1. The topological polar surface area (TPSA) is 55.4 Å². The highest BCUT2D eigenvalue weighted by Gasteiger charge is 2.27. The van der Waals surface area contributed by atoms with Crippen LogP contribution in [0, 0.1) is 0 Å². The molecule has 0 aliphatic heterocycles. The summed E-state index contributed by atoms with van der Waals surface area (Å²) in [4.78, 5) is 26.1. The summed E-state index contributed by atoms with van der Waals surface area (Å²) in [5.74, 6) is -0.290. The number of unbranched alkanes of at least 4 members (excludes halogenated alkanes) is 4. The Morgan fingerprint density at radius 1 is 1.12 bits per heavy atom. The van der Waals surface area contributed by atoms with Gasteiger partial charge in [-0.3, -0.25) is 4.79 Å². The molecule has 0 unspecified atom stereocenters. The summed E-state index contributed by atoms with van der Waals surface area (Å²) in [7, 11) is 0. The number of hydrogen-bond donors (Lipinski definition) is 1. The Labute approximate surface area is 155 Å². The first-order valence-corrected chi connectivity index (χ1v) is 10.5. The van der Waals surface area contributed by atoms with E-state index in [0.29, 0.717) is 17.0 Å². The minimum atomic E-state index is -0.298. The van der Waals surface area contributed by atoms with Crippen LogP contribution in [-0.4, -0.2) is 18.0 Å². The molecule has 0 saturated heterocycles. The number of hydrogen-bond acceptors (Lipinski definition) is 4. The highest BCUT2D eigenvalue weighted by Crippen LogP contribution is 2.38. The van der Waals surface area contributed by atoms with E-state index < -0.39 is 0 Å². The Balaban J connectivity index is 2.04. The quantitative estimate of drug-likeness (QED) is 0.465. The predicted molar refractivity (Wildman–Crippen MR) is 104 cm³/mol. The van der Waals surface area contributed by atoms with Crippen molar-refractivity contribution in [3.63, 3.8) is 0 Å². The van der Waals surface area contributed by atoms with Gasteiger partial charge < -0.3 is 10.1 Å². The number of nitrogens with one attached hydrogen (secondary N) is 1. The predicted octanol–water partition coefficient (Wildman–Crippen LogP) is 5.49. The largest absolute Gasteiger partial charge is 0.459 e. The third kappa shape index (κ3) is 5.84. The van der Waals surface area contributed by atoms with Crippen molar-refractivity contribution in [1.29, 1.82) is 0 Å². The van der Waals surface area contributed by atoms with Crippen molar-refractivity contribution >= 4 is 28.2 Å². The average molecular weight is 366 g/mol. The van der Waals surface area contributed by atoms with Gasteiger partial charge in [0.05, 0.1) is 11.7 Å². The zero-order valence-electron chi connectivity index (χ0n) is 15.8. The minimum Gasteiger partial charge on any atom is -0.459 e. The van der Waals surface area contributed by atoms with Gasteiger partial charge in [-0.1, -0.05) is 32.6 Å². The Kier molecular flexibility index (Phi) is 7.94. The zero-order chi connectivity index (χ0) is 18.2. The van der Waals surface area contributed by atoms with Gasteiger partial charge in [-0.05, 0) is 51.5 Å². The van der Waals surface area contributed by atoms with Crippen molar-refractivity contribution in [2.75, 3.05) is 5.32 Å². The molecule has 1 aromatic rings. The van der Waals surface area contributed by atoms with E-state index in [1.165, 1.54) is 24.1 Å². The normalized spacial score (nSPS) is 13.6. The molecule has 1 N–H and O–H groups in total. The van der Waals surface area contributed by atoms with E-state index in [9.17, 15) is 9.59 Å². The maximum atomic E-state index is 12.6. The monoisotopic (exact) mass is 365 g/mol. The van der Waals surface area contributed by atoms with Gasteiger partial charge in [0.2, 0.25) is 5.91 Å². The second kappa shape index (κ2) is 9.95. The second-order valence-electron chi connectivity index (χ2n) is 7.08. The van der Waals surface area contributed by atoms with Crippen molar-refractivity contribution in [3.8, 4) is 0 Å². The van der Waals surface area contributed by atoms with Gasteiger partial charge in [0.15, 0.2) is 0 Å². The lowest BCUT2D eigenvalue weighted by Crippen LogP contribution is -2.17. The van der Waals surface area contributed by atoms with Crippen LogP contribution < -0.4 is 5.32 Å². The molecule has 25 heavy (non-hydrogen) atoms. The van der Waals surface area contributed by atoms with Crippen LogP contribution in [0.5, 0.6) is 0 Å². The summed E-state index contributed by atoms with van der Waals surface area (Å²) in [6, 6.07) is 0. The van der Waals surface area contributed by atoms with Crippen molar-refractivity contribution in [2.24, 2.45) is 0 Å². The van der Waals surface area contributed by atoms with E-state index in [-0.39, 0.29) is 18.0 Å². The molecule has 0 fully saturated rings. The number of carbonyl (C=O) groups excluding carboxylic acids is 2. The molecule has 0 saturated carbocycles. The Hall–Kier alpha value is -1.36. The van der Waals surface area contributed by atoms with Gasteiger partial charge in [0, 0.05) is 11.3 Å². The first-order chi connectivity index (χ1) is 12.0. The number of amides is 1. The molecule has 5 heteroatoms. The number of anilines is 1. The van der Waals surface area contributed by atoms with Gasteiger partial charge >= 0.3 is 5.97 Å². The van der Waals surface area contributed by atoms with Crippen LogP contribution in [0.1, 0.15) is 92.9 Å². The number of fused-ring (bicyclic) bond motifs is 1. The lowest BCUT2D eigenvalue weighted by Gasteiger charge is -2.14. The van der Waals surface area contributed by atoms with Crippen LogP contribution in [0.25, 0.3) is 0 Å². The van der Waals surface area contributed by atoms with Crippen LogP contribution in [0.3, 0.4) is 0 Å². The molecule has 1 aliphatic carbocycles. The van der Waals surface area contributed by atoms with Crippen molar-refractivity contribution in [2.45, 2.75) is 91.1 Å². The van der Waals surface area contributed by atoms with Crippen LogP contribution in [0.2, 0.25) is 0 Å². The summed E-state index contributed by atoms with van der Waals surface area (Å²) < 4.78 is 5.42. The molecule has 1 heterocycles. The lowest BCUT2D eigenvalue weighted by molar-refractivity contribution is -0.116. The summed E-state index contributed by atoms with van der Waals surface area (Å²) in [5.41, 5.74) is 1.70. The number of rotatable bonds is 9. The zero-order valence-corrected chi connectivity index (χ0v) is 16.6. The standard InChI is InChI=1S/C20H31NO3S/c1-4-5-6-7-8-13-17(22)21-19-18(20(23)24-14(2)3)15-11-9-10-12-16(15)25-19/h14H,4-13H2,1-3H3,(H,21,22). The third-order valence-corrected chi connectivity index (χ3v) is 5.69. The smallest absolute Gasteiger partial charge is 0.341 e. The molecule has 0 spiro atoms. The number of aryl methyl sites for hydroxylation is 1. The van der Waals surface area contributed by atoms with Gasteiger partial charge in [-0.2, -0.15) is 0 Å². The highest BCUT2D eigenvalue weighted by molar-refractivity contribution is 7.17. The SMILES string of the molecule is CCCCCCCC(=O)Nc1sc2c(c1C(=O)OC(C)C)CCCC2. The van der Waals surface area contributed by atoms with E-state index in [4.69, 9.17) is 4.74 Å². The number of carbonyl (C=O) groups is 2. The van der Waals surface area contributed by atoms with Crippen LogP contribution in [-0.2, 0) is 22.4 Å². The molecule has 0 bridgehead atoms. The molecular weight excluding hydrogens is 334 g/mol. The first-order valence-electron chi connectivity index (χ1n) is 9.68.